The second kappa shape index (κ2) is 7.31. The van der Waals surface area contributed by atoms with Gasteiger partial charge in [0.1, 0.15) is 18.1 Å². The zero-order valence-corrected chi connectivity index (χ0v) is 13.7. The van der Waals surface area contributed by atoms with Crippen molar-refractivity contribution >= 4 is 21.7 Å². The van der Waals surface area contributed by atoms with E-state index < -0.39 is 28.4 Å². The molecule has 24 heavy (non-hydrogen) atoms. The van der Waals surface area contributed by atoms with Gasteiger partial charge in [-0.2, -0.15) is 0 Å². The number of carbonyl (C=O) groups is 1. The fourth-order valence-electron chi connectivity index (χ4n) is 2.08. The number of carboxylic acid groups (broad SMARTS) is 1. The lowest BCUT2D eigenvalue weighted by molar-refractivity contribution is -0.135. The van der Waals surface area contributed by atoms with Gasteiger partial charge in [-0.25, -0.2) is 12.8 Å². The maximum Gasteiger partial charge on any atom is 0.324 e. The van der Waals surface area contributed by atoms with Gasteiger partial charge < -0.3 is 9.84 Å². The molecule has 6 nitrogen and oxygen atoms in total. The number of rotatable bonds is 7. The maximum absolute atomic E-state index is 14.0. The number of nitrogens with zero attached hydrogens (tertiary/aromatic N) is 1. The third-order valence-electron chi connectivity index (χ3n) is 3.12. The van der Waals surface area contributed by atoms with E-state index in [4.69, 9.17) is 9.84 Å². The molecule has 0 aromatic heterocycles. The molecule has 0 saturated carbocycles. The molecule has 2 rings (SSSR count). The van der Waals surface area contributed by atoms with Crippen LogP contribution in [0.4, 0.5) is 10.1 Å². The third-order valence-corrected chi connectivity index (χ3v) is 4.90. The molecule has 128 valence electrons. The molecule has 2 aromatic carbocycles. The van der Waals surface area contributed by atoms with E-state index in [1.165, 1.54) is 42.5 Å². The van der Waals surface area contributed by atoms with Crippen LogP contribution in [-0.2, 0) is 14.8 Å². The summed E-state index contributed by atoms with van der Waals surface area (Å²) in [5.74, 6) is -1.74. The number of anilines is 1. The zero-order valence-electron chi connectivity index (χ0n) is 12.8. The van der Waals surface area contributed by atoms with Crippen LogP contribution in [0.5, 0.6) is 5.75 Å². The summed E-state index contributed by atoms with van der Waals surface area (Å²) in [7, 11) is -4.25. The summed E-state index contributed by atoms with van der Waals surface area (Å²) in [5, 5.41) is 9.01. The van der Waals surface area contributed by atoms with Crippen LogP contribution in [-0.4, -0.2) is 32.6 Å². The number of aliphatic carboxylic acids is 1. The largest absolute Gasteiger partial charge is 0.494 e. The molecule has 0 unspecified atom stereocenters. The van der Waals surface area contributed by atoms with Crippen LogP contribution in [0.15, 0.2) is 53.4 Å². The van der Waals surface area contributed by atoms with Crippen molar-refractivity contribution in [3.8, 4) is 5.75 Å². The van der Waals surface area contributed by atoms with E-state index in [9.17, 15) is 17.6 Å². The maximum atomic E-state index is 14.0. The van der Waals surface area contributed by atoms with Crippen LogP contribution in [0.2, 0.25) is 0 Å². The molecular formula is C16H16FNO5S. The summed E-state index contributed by atoms with van der Waals surface area (Å²) in [4.78, 5) is 10.9. The van der Waals surface area contributed by atoms with E-state index in [-0.39, 0.29) is 10.6 Å². The highest BCUT2D eigenvalue weighted by Gasteiger charge is 2.29. The molecule has 0 amide bonds. The van der Waals surface area contributed by atoms with E-state index >= 15 is 0 Å². The minimum Gasteiger partial charge on any atom is -0.494 e. The van der Waals surface area contributed by atoms with E-state index in [2.05, 4.69) is 0 Å². The summed E-state index contributed by atoms with van der Waals surface area (Å²) >= 11 is 0. The van der Waals surface area contributed by atoms with Crippen molar-refractivity contribution in [2.24, 2.45) is 0 Å². The van der Waals surface area contributed by atoms with Gasteiger partial charge in [0.15, 0.2) is 0 Å². The molecule has 0 aliphatic carbocycles. The second-order valence-corrected chi connectivity index (χ2v) is 6.62. The summed E-state index contributed by atoms with van der Waals surface area (Å²) in [6.45, 7) is 1.32. The number of halogens is 1. The first-order chi connectivity index (χ1) is 11.4. The van der Waals surface area contributed by atoms with E-state index in [1.54, 1.807) is 6.92 Å². The quantitative estimate of drug-likeness (QED) is 0.827. The number of para-hydroxylation sites is 1. The van der Waals surface area contributed by atoms with Crippen LogP contribution in [0.1, 0.15) is 6.92 Å². The summed E-state index contributed by atoms with van der Waals surface area (Å²) in [6.07, 6.45) is 0. The molecule has 1 N–H and O–H groups in total. The first-order valence-electron chi connectivity index (χ1n) is 7.08. The number of carboxylic acids is 1. The number of ether oxygens (including phenoxy) is 1. The Balaban J connectivity index is 2.47. The first kappa shape index (κ1) is 17.7. The van der Waals surface area contributed by atoms with Gasteiger partial charge in [-0.3, -0.25) is 9.10 Å². The monoisotopic (exact) mass is 353 g/mol. The lowest BCUT2D eigenvalue weighted by atomic mass is 10.3. The van der Waals surface area contributed by atoms with Gasteiger partial charge in [-0.1, -0.05) is 12.1 Å². The van der Waals surface area contributed by atoms with Gasteiger partial charge in [-0.15, -0.1) is 0 Å². The molecule has 8 heteroatoms. The zero-order chi connectivity index (χ0) is 17.7. The Bertz CT molecular complexity index is 821. The smallest absolute Gasteiger partial charge is 0.324 e. The molecule has 0 radical (unpaired) electrons. The normalized spacial score (nSPS) is 11.1. The molecule has 0 spiro atoms. The van der Waals surface area contributed by atoms with Crippen molar-refractivity contribution in [2.75, 3.05) is 17.5 Å². The third kappa shape index (κ3) is 3.83. The minimum atomic E-state index is -4.25. The summed E-state index contributed by atoms with van der Waals surface area (Å²) in [6, 6.07) is 10.6. The van der Waals surface area contributed by atoms with E-state index in [0.717, 1.165) is 6.07 Å². The molecule has 2 aromatic rings. The molecule has 0 fully saturated rings. The van der Waals surface area contributed by atoms with Crippen molar-refractivity contribution in [3.63, 3.8) is 0 Å². The van der Waals surface area contributed by atoms with Crippen LogP contribution in [0.25, 0.3) is 0 Å². The van der Waals surface area contributed by atoms with Gasteiger partial charge >= 0.3 is 5.97 Å². The lowest BCUT2D eigenvalue weighted by Crippen LogP contribution is -2.36. The highest BCUT2D eigenvalue weighted by atomic mass is 32.2. The number of benzene rings is 2. The van der Waals surface area contributed by atoms with Gasteiger partial charge in [0, 0.05) is 0 Å². The van der Waals surface area contributed by atoms with Crippen molar-refractivity contribution in [2.45, 2.75) is 11.8 Å². The fraction of sp³-hybridized carbons (Fsp3) is 0.188. The van der Waals surface area contributed by atoms with Crippen molar-refractivity contribution < 1.29 is 27.4 Å². The number of hydrogen-bond acceptors (Lipinski definition) is 4. The lowest BCUT2D eigenvalue weighted by Gasteiger charge is -2.23. The van der Waals surface area contributed by atoms with Crippen LogP contribution in [0.3, 0.4) is 0 Å². The Kier molecular flexibility index (Phi) is 5.40. The predicted molar refractivity (Wildman–Crippen MR) is 86.2 cm³/mol. The minimum absolute atomic E-state index is 0.157. The summed E-state index contributed by atoms with van der Waals surface area (Å²) < 4.78 is 45.2. The first-order valence-corrected chi connectivity index (χ1v) is 8.52. The van der Waals surface area contributed by atoms with Crippen molar-refractivity contribution in [1.82, 2.24) is 0 Å². The molecule has 0 heterocycles. The Labute approximate surface area is 139 Å². The summed E-state index contributed by atoms with van der Waals surface area (Å²) in [5.41, 5.74) is -0.325. The molecule has 0 saturated heterocycles. The van der Waals surface area contributed by atoms with Crippen LogP contribution < -0.4 is 9.04 Å². The Morgan fingerprint density at radius 1 is 1.17 bits per heavy atom. The number of sulfonamides is 1. The highest BCUT2D eigenvalue weighted by molar-refractivity contribution is 7.92. The van der Waals surface area contributed by atoms with Crippen molar-refractivity contribution in [1.29, 1.82) is 0 Å². The predicted octanol–water partition coefficient (Wildman–Crippen LogP) is 2.50. The van der Waals surface area contributed by atoms with Crippen LogP contribution in [0, 0.1) is 5.82 Å². The molecule has 0 atom stereocenters. The second-order valence-electron chi connectivity index (χ2n) is 4.76. The van der Waals surface area contributed by atoms with Gasteiger partial charge in [0.25, 0.3) is 10.0 Å². The van der Waals surface area contributed by atoms with Gasteiger partial charge in [0.2, 0.25) is 0 Å². The molecule has 0 bridgehead atoms. The Morgan fingerprint density at radius 2 is 1.79 bits per heavy atom. The molecular weight excluding hydrogens is 337 g/mol. The average molecular weight is 353 g/mol. The fourth-order valence-corrected chi connectivity index (χ4v) is 3.50. The topological polar surface area (TPSA) is 83.9 Å². The van der Waals surface area contributed by atoms with Crippen LogP contribution >= 0.6 is 0 Å². The highest BCUT2D eigenvalue weighted by Crippen LogP contribution is 2.27. The van der Waals surface area contributed by atoms with Crippen molar-refractivity contribution in [3.05, 3.63) is 54.3 Å². The SMILES string of the molecule is CCOc1ccc(S(=O)(=O)N(CC(=O)O)c2ccccc2F)cc1. The van der Waals surface area contributed by atoms with Gasteiger partial charge in [0.05, 0.1) is 17.2 Å². The standard InChI is InChI=1S/C16H16FNO5S/c1-2-23-12-7-9-13(10-8-12)24(21,22)18(11-16(19)20)15-6-4-3-5-14(15)17/h3-10H,2,11H2,1H3,(H,19,20). The average Bonchev–Trinajstić information content (AvgIpc) is 2.54. The Hall–Kier alpha value is -2.61. The van der Waals surface area contributed by atoms with E-state index in [0.29, 0.717) is 16.7 Å². The van der Waals surface area contributed by atoms with Gasteiger partial charge in [-0.05, 0) is 43.3 Å². The molecule has 0 aliphatic heterocycles. The molecule has 0 aliphatic rings. The number of hydrogen-bond donors (Lipinski definition) is 1. The Morgan fingerprint density at radius 3 is 2.33 bits per heavy atom. The van der Waals surface area contributed by atoms with E-state index in [1.807, 2.05) is 0 Å².